The number of furan rings is 1. The van der Waals surface area contributed by atoms with Crippen molar-refractivity contribution in [3.63, 3.8) is 0 Å². The molecule has 0 aromatic carbocycles. The average Bonchev–Trinajstić information content (AvgIpc) is 3.13. The number of carbonyl (C=O) groups excluding carboxylic acids is 3. The standard InChI is InChI=1S/C24H32O6/c1-14(25)29-13-24(5)20-8-9-22(3)17-12-28-11-16(17)6-7-19(22)23(20,4)10-18(27)21(24)30-15(2)26/h11-12,19-21H,6-10,13H2,1-5H3. The van der Waals surface area contributed by atoms with Crippen LogP contribution in [0, 0.1) is 22.7 Å². The molecule has 6 unspecified atom stereocenters. The van der Waals surface area contributed by atoms with Gasteiger partial charge in [0.15, 0.2) is 11.9 Å². The second kappa shape index (κ2) is 6.96. The van der Waals surface area contributed by atoms with Gasteiger partial charge in [0.2, 0.25) is 0 Å². The summed E-state index contributed by atoms with van der Waals surface area (Å²) in [7, 11) is 0. The van der Waals surface area contributed by atoms with Crippen LogP contribution in [0.2, 0.25) is 0 Å². The Bertz CT molecular complexity index is 886. The molecule has 0 spiro atoms. The molecule has 2 saturated carbocycles. The minimum atomic E-state index is -0.884. The number of hydrogen-bond donors (Lipinski definition) is 0. The minimum Gasteiger partial charge on any atom is -0.472 e. The van der Waals surface area contributed by atoms with Crippen LogP contribution in [0.15, 0.2) is 16.9 Å². The monoisotopic (exact) mass is 416 g/mol. The molecule has 0 radical (unpaired) electrons. The number of rotatable bonds is 3. The maximum Gasteiger partial charge on any atom is 0.303 e. The molecule has 0 amide bonds. The topological polar surface area (TPSA) is 82.8 Å². The van der Waals surface area contributed by atoms with Gasteiger partial charge >= 0.3 is 11.9 Å². The number of fused-ring (bicyclic) bond motifs is 5. The Morgan fingerprint density at radius 1 is 1.10 bits per heavy atom. The molecule has 0 N–H and O–H groups in total. The molecule has 1 aromatic heterocycles. The van der Waals surface area contributed by atoms with Crippen molar-refractivity contribution in [2.45, 2.75) is 78.2 Å². The van der Waals surface area contributed by atoms with Crippen molar-refractivity contribution in [2.24, 2.45) is 22.7 Å². The first-order valence-corrected chi connectivity index (χ1v) is 10.9. The van der Waals surface area contributed by atoms with Crippen LogP contribution >= 0.6 is 0 Å². The average molecular weight is 417 g/mol. The Kier molecular flexibility index (Phi) is 4.90. The minimum absolute atomic E-state index is 0.0529. The summed E-state index contributed by atoms with van der Waals surface area (Å²) in [6, 6.07) is 0. The first-order chi connectivity index (χ1) is 14.0. The Labute approximate surface area is 177 Å². The highest BCUT2D eigenvalue weighted by atomic mass is 16.6. The zero-order chi connectivity index (χ0) is 21.9. The second-order valence-electron chi connectivity index (χ2n) is 10.3. The van der Waals surface area contributed by atoms with E-state index in [1.807, 2.05) is 19.5 Å². The van der Waals surface area contributed by atoms with Crippen molar-refractivity contribution in [3.05, 3.63) is 23.7 Å². The summed E-state index contributed by atoms with van der Waals surface area (Å²) in [4.78, 5) is 36.8. The van der Waals surface area contributed by atoms with E-state index in [9.17, 15) is 14.4 Å². The van der Waals surface area contributed by atoms with E-state index in [4.69, 9.17) is 13.9 Å². The van der Waals surface area contributed by atoms with Crippen molar-refractivity contribution < 1.29 is 28.3 Å². The molecule has 6 heteroatoms. The van der Waals surface area contributed by atoms with Crippen molar-refractivity contribution >= 4 is 17.7 Å². The number of esters is 2. The van der Waals surface area contributed by atoms with E-state index in [-0.39, 0.29) is 35.1 Å². The molecule has 3 aliphatic carbocycles. The number of carbonyl (C=O) groups is 3. The van der Waals surface area contributed by atoms with Crippen molar-refractivity contribution in [2.75, 3.05) is 6.61 Å². The molecule has 3 aliphatic rings. The summed E-state index contributed by atoms with van der Waals surface area (Å²) in [6.07, 6.45) is 7.00. The van der Waals surface area contributed by atoms with E-state index in [1.165, 1.54) is 25.0 Å². The van der Waals surface area contributed by atoms with Crippen molar-refractivity contribution in [1.82, 2.24) is 0 Å². The summed E-state index contributed by atoms with van der Waals surface area (Å²) in [5.41, 5.74) is 1.47. The van der Waals surface area contributed by atoms with E-state index in [0.29, 0.717) is 12.3 Å². The lowest BCUT2D eigenvalue weighted by Crippen LogP contribution is -2.65. The van der Waals surface area contributed by atoms with Gasteiger partial charge < -0.3 is 13.9 Å². The van der Waals surface area contributed by atoms with Crippen LogP contribution in [-0.4, -0.2) is 30.4 Å². The van der Waals surface area contributed by atoms with Crippen LogP contribution in [0.4, 0.5) is 0 Å². The van der Waals surface area contributed by atoms with Gasteiger partial charge in [0.05, 0.1) is 12.5 Å². The first kappa shape index (κ1) is 21.1. The van der Waals surface area contributed by atoms with Crippen LogP contribution in [0.3, 0.4) is 0 Å². The Hall–Kier alpha value is -2.11. The van der Waals surface area contributed by atoms with E-state index in [0.717, 1.165) is 25.7 Å². The fraction of sp³-hybridized carbons (Fsp3) is 0.708. The zero-order valence-electron chi connectivity index (χ0n) is 18.6. The number of aryl methyl sites for hydroxylation is 1. The van der Waals surface area contributed by atoms with Crippen LogP contribution in [0.1, 0.15) is 71.4 Å². The van der Waals surface area contributed by atoms with E-state index in [1.54, 1.807) is 0 Å². The molecule has 1 heterocycles. The Balaban J connectivity index is 1.77. The maximum absolute atomic E-state index is 13.4. The molecular formula is C24H32O6. The Morgan fingerprint density at radius 3 is 2.50 bits per heavy atom. The van der Waals surface area contributed by atoms with Gasteiger partial charge in [-0.25, -0.2) is 0 Å². The number of ether oxygens (including phenoxy) is 2. The predicted molar refractivity (Wildman–Crippen MR) is 109 cm³/mol. The smallest absolute Gasteiger partial charge is 0.303 e. The molecule has 164 valence electrons. The largest absolute Gasteiger partial charge is 0.472 e. The molecular weight excluding hydrogens is 384 g/mol. The third-order valence-electron chi connectivity index (χ3n) is 8.49. The summed E-state index contributed by atoms with van der Waals surface area (Å²) < 4.78 is 16.6. The molecule has 4 rings (SSSR count). The third kappa shape index (κ3) is 2.94. The molecule has 0 aliphatic heterocycles. The second-order valence-corrected chi connectivity index (χ2v) is 10.3. The summed E-state index contributed by atoms with van der Waals surface area (Å²) >= 11 is 0. The van der Waals surface area contributed by atoms with E-state index in [2.05, 4.69) is 13.8 Å². The lowest BCUT2D eigenvalue weighted by molar-refractivity contribution is -0.203. The molecule has 2 fully saturated rings. The third-order valence-corrected chi connectivity index (χ3v) is 8.49. The van der Waals surface area contributed by atoms with Gasteiger partial charge in [0.1, 0.15) is 6.61 Å². The van der Waals surface area contributed by atoms with Crippen molar-refractivity contribution in [3.8, 4) is 0 Å². The Morgan fingerprint density at radius 2 is 1.83 bits per heavy atom. The molecule has 1 aromatic rings. The SMILES string of the molecule is CC(=O)OCC1(C)C(OC(C)=O)C(=O)CC2(C)C3CCc4cocc4C3(C)CCC12. The van der Waals surface area contributed by atoms with Crippen LogP contribution in [0.5, 0.6) is 0 Å². The summed E-state index contributed by atoms with van der Waals surface area (Å²) in [5, 5.41) is 0. The van der Waals surface area contributed by atoms with Gasteiger partial charge in [-0.1, -0.05) is 20.8 Å². The van der Waals surface area contributed by atoms with Crippen LogP contribution in [-0.2, 0) is 35.7 Å². The van der Waals surface area contributed by atoms with Gasteiger partial charge in [0.25, 0.3) is 0 Å². The van der Waals surface area contributed by atoms with Crippen molar-refractivity contribution in [1.29, 1.82) is 0 Å². The van der Waals surface area contributed by atoms with E-state index >= 15 is 0 Å². The lowest BCUT2D eigenvalue weighted by Gasteiger charge is -2.64. The van der Waals surface area contributed by atoms with Gasteiger partial charge in [-0.2, -0.15) is 0 Å². The van der Waals surface area contributed by atoms with Gasteiger partial charge in [-0.15, -0.1) is 0 Å². The highest BCUT2D eigenvalue weighted by Crippen LogP contribution is 2.66. The highest BCUT2D eigenvalue weighted by molar-refractivity contribution is 5.88. The number of Topliss-reactive ketones (excluding diaryl/α,β-unsaturated/α-hetero) is 1. The molecule has 30 heavy (non-hydrogen) atoms. The molecule has 0 bridgehead atoms. The number of hydrogen-bond acceptors (Lipinski definition) is 6. The molecule has 6 nitrogen and oxygen atoms in total. The van der Waals surface area contributed by atoms with Crippen LogP contribution in [0.25, 0.3) is 0 Å². The van der Waals surface area contributed by atoms with Crippen LogP contribution < -0.4 is 0 Å². The van der Waals surface area contributed by atoms with Gasteiger partial charge in [0, 0.05) is 25.7 Å². The molecule has 6 atom stereocenters. The lowest BCUT2D eigenvalue weighted by atomic mass is 9.40. The quantitative estimate of drug-likeness (QED) is 0.693. The predicted octanol–water partition coefficient (Wildman–Crippen LogP) is 3.99. The van der Waals surface area contributed by atoms with Gasteiger partial charge in [-0.3, -0.25) is 14.4 Å². The zero-order valence-corrected chi connectivity index (χ0v) is 18.6. The normalized spacial score (nSPS) is 40.0. The summed E-state index contributed by atoms with van der Waals surface area (Å²) in [5.74, 6) is -0.544. The first-order valence-electron chi connectivity index (χ1n) is 10.9. The molecule has 0 saturated heterocycles. The van der Waals surface area contributed by atoms with E-state index < -0.39 is 17.5 Å². The maximum atomic E-state index is 13.4. The highest BCUT2D eigenvalue weighted by Gasteiger charge is 2.66. The fourth-order valence-electron chi connectivity index (χ4n) is 7.36. The van der Waals surface area contributed by atoms with Gasteiger partial charge in [-0.05, 0) is 59.5 Å². The number of ketones is 1. The summed E-state index contributed by atoms with van der Waals surface area (Å²) in [6.45, 7) is 9.25. The fourth-order valence-corrected chi connectivity index (χ4v) is 7.36.